The van der Waals surface area contributed by atoms with Crippen LogP contribution in [0.3, 0.4) is 0 Å². The molecule has 1 aromatic carbocycles. The van der Waals surface area contributed by atoms with Gasteiger partial charge in [-0.15, -0.1) is 0 Å². The van der Waals surface area contributed by atoms with E-state index in [4.69, 9.17) is 11.6 Å². The van der Waals surface area contributed by atoms with E-state index in [2.05, 4.69) is 19.2 Å². The summed E-state index contributed by atoms with van der Waals surface area (Å²) in [5.74, 6) is 0.626. The molecule has 1 unspecified atom stereocenters. The molecule has 0 spiro atoms. The van der Waals surface area contributed by atoms with Gasteiger partial charge in [0.2, 0.25) is 0 Å². The van der Waals surface area contributed by atoms with Crippen molar-refractivity contribution in [1.29, 1.82) is 0 Å². The Labute approximate surface area is 102 Å². The highest BCUT2D eigenvalue weighted by molar-refractivity contribution is 6.30. The lowest BCUT2D eigenvalue weighted by Crippen LogP contribution is -2.35. The highest BCUT2D eigenvalue weighted by atomic mass is 35.5. The molecule has 0 heterocycles. The van der Waals surface area contributed by atoms with E-state index < -0.39 is 0 Å². The number of likely N-dealkylation sites (N-methyl/N-ethyl adjacent to an activating group) is 1. The van der Waals surface area contributed by atoms with Crippen LogP contribution < -0.4 is 5.32 Å². The van der Waals surface area contributed by atoms with Gasteiger partial charge in [0.05, 0.1) is 6.04 Å². The molecule has 1 aromatic rings. The van der Waals surface area contributed by atoms with Crippen molar-refractivity contribution in [3.63, 3.8) is 0 Å². The molecule has 3 heteroatoms. The molecular formula is C13H18ClNO. The van der Waals surface area contributed by atoms with Gasteiger partial charge in [0.25, 0.3) is 0 Å². The minimum Gasteiger partial charge on any atom is -0.310 e. The van der Waals surface area contributed by atoms with E-state index in [0.717, 1.165) is 6.42 Å². The molecule has 0 bridgehead atoms. The Morgan fingerprint density at radius 1 is 1.31 bits per heavy atom. The monoisotopic (exact) mass is 239 g/mol. The summed E-state index contributed by atoms with van der Waals surface area (Å²) in [4.78, 5) is 12.1. The number of carbonyl (C=O) groups excluding carboxylic acids is 1. The second-order valence-electron chi connectivity index (χ2n) is 4.34. The van der Waals surface area contributed by atoms with Crippen LogP contribution in [0.1, 0.15) is 30.6 Å². The lowest BCUT2D eigenvalue weighted by atomic mass is 9.96. The molecular weight excluding hydrogens is 222 g/mol. The first-order chi connectivity index (χ1) is 7.54. The molecule has 88 valence electrons. The van der Waals surface area contributed by atoms with Crippen molar-refractivity contribution < 1.29 is 4.79 Å². The maximum Gasteiger partial charge on any atom is 0.179 e. The first-order valence-corrected chi connectivity index (χ1v) is 5.89. The molecule has 1 N–H and O–H groups in total. The summed E-state index contributed by atoms with van der Waals surface area (Å²) in [6.07, 6.45) is 0.845. The standard InChI is InChI=1S/C13H18ClNO/c1-9(2)8-12(15-3)13(16)10-4-6-11(14)7-5-10/h4-7,9,12,15H,8H2,1-3H3. The van der Waals surface area contributed by atoms with Gasteiger partial charge >= 0.3 is 0 Å². The lowest BCUT2D eigenvalue weighted by Gasteiger charge is -2.17. The number of hydrogen-bond acceptors (Lipinski definition) is 2. The Morgan fingerprint density at radius 3 is 2.31 bits per heavy atom. The molecule has 1 atom stereocenters. The Kier molecular flexibility index (Phi) is 4.97. The predicted molar refractivity (Wildman–Crippen MR) is 68.1 cm³/mol. The van der Waals surface area contributed by atoms with Gasteiger partial charge in [0.1, 0.15) is 0 Å². The fourth-order valence-electron chi connectivity index (χ4n) is 1.64. The average molecular weight is 240 g/mol. The minimum absolute atomic E-state index is 0.110. The summed E-state index contributed by atoms with van der Waals surface area (Å²) < 4.78 is 0. The summed E-state index contributed by atoms with van der Waals surface area (Å²) in [5.41, 5.74) is 0.712. The zero-order valence-electron chi connectivity index (χ0n) is 9.96. The van der Waals surface area contributed by atoms with Crippen LogP contribution in [0.2, 0.25) is 5.02 Å². The Bertz CT molecular complexity index is 345. The molecule has 2 nitrogen and oxygen atoms in total. The van der Waals surface area contributed by atoms with E-state index in [1.807, 2.05) is 7.05 Å². The summed E-state index contributed by atoms with van der Waals surface area (Å²) in [7, 11) is 1.82. The van der Waals surface area contributed by atoms with E-state index in [1.54, 1.807) is 24.3 Å². The van der Waals surface area contributed by atoms with Gasteiger partial charge < -0.3 is 5.32 Å². The number of Topliss-reactive ketones (excluding diaryl/α,β-unsaturated/α-hetero) is 1. The van der Waals surface area contributed by atoms with Gasteiger partial charge in [-0.1, -0.05) is 25.4 Å². The molecule has 16 heavy (non-hydrogen) atoms. The summed E-state index contributed by atoms with van der Waals surface area (Å²) >= 11 is 5.79. The predicted octanol–water partition coefficient (Wildman–Crippen LogP) is 3.16. The van der Waals surface area contributed by atoms with Crippen LogP contribution in [0.4, 0.5) is 0 Å². The number of rotatable bonds is 5. The van der Waals surface area contributed by atoms with Crippen LogP contribution in [0, 0.1) is 5.92 Å². The molecule has 0 aromatic heterocycles. The molecule has 0 aliphatic carbocycles. The summed E-state index contributed by atoms with van der Waals surface area (Å²) in [6.45, 7) is 4.22. The number of hydrogen-bond donors (Lipinski definition) is 1. The van der Waals surface area contributed by atoms with Crippen LogP contribution in [0.25, 0.3) is 0 Å². The van der Waals surface area contributed by atoms with Crippen LogP contribution in [0.5, 0.6) is 0 Å². The van der Waals surface area contributed by atoms with E-state index in [-0.39, 0.29) is 11.8 Å². The van der Waals surface area contributed by atoms with E-state index in [0.29, 0.717) is 16.5 Å². The third kappa shape index (κ3) is 3.62. The lowest BCUT2D eigenvalue weighted by molar-refractivity contribution is 0.0935. The molecule has 0 fully saturated rings. The maximum absolute atomic E-state index is 12.1. The fraction of sp³-hybridized carbons (Fsp3) is 0.462. The van der Waals surface area contributed by atoms with Crippen LogP contribution in [0.15, 0.2) is 24.3 Å². The molecule has 0 saturated carbocycles. The van der Waals surface area contributed by atoms with Crippen molar-refractivity contribution in [2.24, 2.45) is 5.92 Å². The van der Waals surface area contributed by atoms with Crippen molar-refractivity contribution in [3.8, 4) is 0 Å². The highest BCUT2D eigenvalue weighted by Gasteiger charge is 2.18. The van der Waals surface area contributed by atoms with E-state index in [9.17, 15) is 4.79 Å². The zero-order valence-corrected chi connectivity index (χ0v) is 10.7. The van der Waals surface area contributed by atoms with Gasteiger partial charge in [0.15, 0.2) is 5.78 Å². The second kappa shape index (κ2) is 6.02. The average Bonchev–Trinajstić information content (AvgIpc) is 2.25. The molecule has 0 saturated heterocycles. The van der Waals surface area contributed by atoms with Crippen molar-refractivity contribution in [2.75, 3.05) is 7.05 Å². The molecule has 0 radical (unpaired) electrons. The van der Waals surface area contributed by atoms with Gasteiger partial charge in [-0.05, 0) is 43.7 Å². The fourth-order valence-corrected chi connectivity index (χ4v) is 1.77. The Balaban J connectivity index is 2.78. The molecule has 1 rings (SSSR count). The molecule has 0 amide bonds. The maximum atomic E-state index is 12.1. The number of halogens is 1. The SMILES string of the molecule is CNC(CC(C)C)C(=O)c1ccc(Cl)cc1. The number of carbonyl (C=O) groups is 1. The normalized spacial score (nSPS) is 12.8. The van der Waals surface area contributed by atoms with Crippen molar-refractivity contribution in [1.82, 2.24) is 5.32 Å². The van der Waals surface area contributed by atoms with E-state index in [1.165, 1.54) is 0 Å². The molecule has 0 aliphatic heterocycles. The topological polar surface area (TPSA) is 29.1 Å². The van der Waals surface area contributed by atoms with Gasteiger partial charge in [-0.2, -0.15) is 0 Å². The first kappa shape index (κ1) is 13.2. The van der Waals surface area contributed by atoms with E-state index >= 15 is 0 Å². The summed E-state index contributed by atoms with van der Waals surface area (Å²) in [5, 5.41) is 3.72. The van der Waals surface area contributed by atoms with Gasteiger partial charge in [-0.3, -0.25) is 4.79 Å². The Hall–Kier alpha value is -0.860. The summed E-state index contributed by atoms with van der Waals surface area (Å²) in [6, 6.07) is 6.93. The minimum atomic E-state index is -0.110. The Morgan fingerprint density at radius 2 is 1.88 bits per heavy atom. The van der Waals surface area contributed by atoms with Crippen LogP contribution in [-0.4, -0.2) is 18.9 Å². The molecule has 0 aliphatic rings. The van der Waals surface area contributed by atoms with Gasteiger partial charge in [-0.25, -0.2) is 0 Å². The van der Waals surface area contributed by atoms with Crippen molar-refractivity contribution in [2.45, 2.75) is 26.3 Å². The van der Waals surface area contributed by atoms with Crippen LogP contribution >= 0.6 is 11.6 Å². The smallest absolute Gasteiger partial charge is 0.179 e. The van der Waals surface area contributed by atoms with Gasteiger partial charge in [0, 0.05) is 10.6 Å². The number of benzene rings is 1. The third-order valence-corrected chi connectivity index (χ3v) is 2.75. The second-order valence-corrected chi connectivity index (χ2v) is 4.78. The third-order valence-electron chi connectivity index (χ3n) is 2.50. The van der Waals surface area contributed by atoms with Crippen molar-refractivity contribution in [3.05, 3.63) is 34.9 Å². The first-order valence-electron chi connectivity index (χ1n) is 5.51. The number of ketones is 1. The highest BCUT2D eigenvalue weighted by Crippen LogP contribution is 2.14. The quantitative estimate of drug-likeness (QED) is 0.800. The number of nitrogens with one attached hydrogen (secondary N) is 1. The largest absolute Gasteiger partial charge is 0.310 e. The van der Waals surface area contributed by atoms with Crippen LogP contribution in [-0.2, 0) is 0 Å². The van der Waals surface area contributed by atoms with Crippen molar-refractivity contribution >= 4 is 17.4 Å². The zero-order chi connectivity index (χ0) is 12.1.